The van der Waals surface area contributed by atoms with Crippen molar-refractivity contribution in [2.24, 2.45) is 28.4 Å². The summed E-state index contributed by atoms with van der Waals surface area (Å²) >= 11 is 1.13. The van der Waals surface area contributed by atoms with Crippen molar-refractivity contribution in [3.05, 3.63) is 33.7 Å². The number of thiazole rings is 1. The monoisotopic (exact) mass is 570 g/mol. The van der Waals surface area contributed by atoms with Gasteiger partial charge in [0.2, 0.25) is 17.7 Å². The number of nitrogens with two attached hydrogens (primary N) is 1. The Hall–Kier alpha value is -3.49. The Balaban J connectivity index is 1.65. The van der Waals surface area contributed by atoms with Crippen molar-refractivity contribution < 1.29 is 32.3 Å². The topological polar surface area (TPSA) is 156 Å². The fraction of sp³-hybridized carbons (Fsp3) is 0.583. The highest BCUT2D eigenvalue weighted by molar-refractivity contribution is 7.15. The van der Waals surface area contributed by atoms with Gasteiger partial charge in [-0.05, 0) is 22.7 Å². The summed E-state index contributed by atoms with van der Waals surface area (Å²) in [5, 5.41) is 5.90. The molecule has 1 saturated carbocycles. The largest absolute Gasteiger partial charge is 0.471 e. The highest BCUT2D eigenvalue weighted by Gasteiger charge is 2.70. The van der Waals surface area contributed by atoms with Crippen molar-refractivity contribution >= 4 is 39.9 Å². The molecule has 4 N–H and O–H groups in total. The van der Waals surface area contributed by atoms with E-state index in [9.17, 15) is 37.1 Å². The van der Waals surface area contributed by atoms with E-state index in [4.69, 9.17) is 5.73 Å². The van der Waals surface area contributed by atoms with Crippen LogP contribution in [-0.2, 0) is 19.2 Å². The Morgan fingerprint density at radius 1 is 1.18 bits per heavy atom. The summed E-state index contributed by atoms with van der Waals surface area (Å²) in [6, 6.07) is -3.17. The number of rotatable bonds is 6. The lowest BCUT2D eigenvalue weighted by atomic mass is 9.85. The molecule has 3 heterocycles. The minimum absolute atomic E-state index is 0.0745. The van der Waals surface area contributed by atoms with E-state index in [1.165, 1.54) is 31.4 Å². The number of nitrogens with zero attached hydrogens (tertiary/aromatic N) is 3. The number of hydrogen-bond donors (Lipinski definition) is 3. The third-order valence-electron chi connectivity index (χ3n) is 7.60. The van der Waals surface area contributed by atoms with Crippen LogP contribution in [0.15, 0.2) is 22.4 Å². The van der Waals surface area contributed by atoms with Gasteiger partial charge in [0.05, 0.1) is 5.69 Å². The molecule has 0 bridgehead atoms. The minimum atomic E-state index is -5.21. The number of alkyl halides is 3. The molecular weight excluding hydrogens is 541 g/mol. The predicted molar refractivity (Wildman–Crippen MR) is 133 cm³/mol. The van der Waals surface area contributed by atoms with Crippen LogP contribution in [0.5, 0.6) is 0 Å². The zero-order valence-corrected chi connectivity index (χ0v) is 22.6. The van der Waals surface area contributed by atoms with Gasteiger partial charge in [-0.15, -0.1) is 11.3 Å². The third-order valence-corrected chi connectivity index (χ3v) is 8.35. The molecule has 2 aromatic rings. The Morgan fingerprint density at radius 2 is 1.82 bits per heavy atom. The SMILES string of the molecule is CC(C)(C)C(NC(=O)C(F)(F)F)C(=O)N1C[C@H]2[C@@H]([C@H]1C(=O)NC(C(N)=O)c1cc(=O)n3ccsc3n1)C2(C)C. The standard InChI is InChI=1S/C24H29F3N6O5S/c1-22(2,3)16(31-20(38)24(25,26)27)19(37)33-9-10-13(23(10,4)5)15(33)18(36)30-14(17(28)35)11-8-12(34)32-6-7-39-21(32)29-11/h6-8,10,13-16H,9H2,1-5H3,(H2,28,35)(H,30,36)(H,31,38)/t10-,13-,14?,15-,16?/m0/s1. The maximum atomic E-state index is 13.6. The van der Waals surface area contributed by atoms with Crippen molar-refractivity contribution in [3.63, 3.8) is 0 Å². The summed E-state index contributed by atoms with van der Waals surface area (Å²) in [4.78, 5) is 69.5. The van der Waals surface area contributed by atoms with Crippen molar-refractivity contribution in [1.82, 2.24) is 24.9 Å². The molecule has 4 rings (SSSR count). The number of nitrogens with one attached hydrogen (secondary N) is 2. The summed E-state index contributed by atoms with van der Waals surface area (Å²) in [5.41, 5.74) is 3.48. The molecule has 1 aliphatic carbocycles. The first kappa shape index (κ1) is 28.5. The lowest BCUT2D eigenvalue weighted by molar-refractivity contribution is -0.176. The Labute approximate surface area is 224 Å². The summed E-state index contributed by atoms with van der Waals surface area (Å²) in [5.74, 6) is -5.37. The summed E-state index contributed by atoms with van der Waals surface area (Å²) in [6.45, 7) is 8.36. The lowest BCUT2D eigenvalue weighted by Crippen LogP contribution is -2.61. The quantitative estimate of drug-likeness (QED) is 0.470. The molecule has 2 unspecified atom stereocenters. The van der Waals surface area contributed by atoms with Crippen LogP contribution in [0.4, 0.5) is 13.2 Å². The van der Waals surface area contributed by atoms with Gasteiger partial charge in [-0.25, -0.2) is 4.98 Å². The molecular formula is C24H29F3N6O5S. The summed E-state index contributed by atoms with van der Waals surface area (Å²) in [6.07, 6.45) is -3.71. The maximum Gasteiger partial charge on any atom is 0.471 e. The van der Waals surface area contributed by atoms with Crippen LogP contribution in [0.2, 0.25) is 0 Å². The van der Waals surface area contributed by atoms with Crippen molar-refractivity contribution in [1.29, 1.82) is 0 Å². The van der Waals surface area contributed by atoms with E-state index in [1.54, 1.807) is 10.7 Å². The van der Waals surface area contributed by atoms with Crippen LogP contribution < -0.4 is 21.9 Å². The lowest BCUT2D eigenvalue weighted by Gasteiger charge is -2.38. The number of amides is 4. The Kier molecular flexibility index (Phi) is 6.81. The van der Waals surface area contributed by atoms with E-state index < -0.39 is 58.9 Å². The average Bonchev–Trinajstić information content (AvgIpc) is 3.22. The second-order valence-electron chi connectivity index (χ2n) is 11.6. The first-order valence-corrected chi connectivity index (χ1v) is 13.0. The van der Waals surface area contributed by atoms with E-state index in [0.29, 0.717) is 0 Å². The number of piperidine rings is 1. The normalized spacial score (nSPS) is 23.6. The van der Waals surface area contributed by atoms with Crippen LogP contribution in [0, 0.1) is 22.7 Å². The number of carbonyl (C=O) groups is 4. The molecule has 2 aliphatic rings. The van der Waals surface area contributed by atoms with E-state index >= 15 is 0 Å². The molecule has 0 spiro atoms. The summed E-state index contributed by atoms with van der Waals surface area (Å²) < 4.78 is 40.3. The molecule has 2 aromatic heterocycles. The molecule has 15 heteroatoms. The Bertz CT molecular complexity index is 1410. The first-order valence-electron chi connectivity index (χ1n) is 12.1. The molecule has 0 aromatic carbocycles. The highest BCUT2D eigenvalue weighted by atomic mass is 32.1. The molecule has 4 amide bonds. The van der Waals surface area contributed by atoms with Gasteiger partial charge >= 0.3 is 12.1 Å². The number of likely N-dealkylation sites (tertiary alicyclic amines) is 1. The fourth-order valence-corrected chi connectivity index (χ4v) is 6.09. The van der Waals surface area contributed by atoms with Gasteiger partial charge in [-0.2, -0.15) is 13.2 Å². The van der Waals surface area contributed by atoms with Crippen LogP contribution >= 0.6 is 11.3 Å². The van der Waals surface area contributed by atoms with Gasteiger partial charge in [0.1, 0.15) is 12.1 Å². The number of halogens is 3. The van der Waals surface area contributed by atoms with Crippen molar-refractivity contribution in [3.8, 4) is 0 Å². The second kappa shape index (κ2) is 9.31. The van der Waals surface area contributed by atoms with Crippen molar-refractivity contribution in [2.45, 2.75) is 58.9 Å². The molecule has 5 atom stereocenters. The number of carbonyl (C=O) groups excluding carboxylic acids is 4. The van der Waals surface area contributed by atoms with Crippen molar-refractivity contribution in [2.75, 3.05) is 6.54 Å². The molecule has 212 valence electrons. The molecule has 11 nitrogen and oxygen atoms in total. The second-order valence-corrected chi connectivity index (χ2v) is 12.5. The van der Waals surface area contributed by atoms with E-state index in [2.05, 4.69) is 10.3 Å². The smallest absolute Gasteiger partial charge is 0.368 e. The maximum absolute atomic E-state index is 13.6. The van der Waals surface area contributed by atoms with Crippen LogP contribution in [0.25, 0.3) is 4.96 Å². The van der Waals surface area contributed by atoms with Gasteiger partial charge in [0, 0.05) is 24.2 Å². The molecule has 1 saturated heterocycles. The molecule has 2 fully saturated rings. The van der Waals surface area contributed by atoms with Gasteiger partial charge in [-0.1, -0.05) is 34.6 Å². The minimum Gasteiger partial charge on any atom is -0.368 e. The molecule has 39 heavy (non-hydrogen) atoms. The van der Waals surface area contributed by atoms with Gasteiger partial charge in [0.15, 0.2) is 11.0 Å². The predicted octanol–water partition coefficient (Wildman–Crippen LogP) is 0.975. The average molecular weight is 571 g/mol. The fourth-order valence-electron chi connectivity index (χ4n) is 5.37. The molecule has 1 aliphatic heterocycles. The van der Waals surface area contributed by atoms with E-state index in [0.717, 1.165) is 22.3 Å². The zero-order valence-electron chi connectivity index (χ0n) is 21.8. The summed E-state index contributed by atoms with van der Waals surface area (Å²) in [7, 11) is 0. The van der Waals surface area contributed by atoms with E-state index in [1.807, 2.05) is 13.8 Å². The van der Waals surface area contributed by atoms with Crippen LogP contribution in [0.3, 0.4) is 0 Å². The number of hydrogen-bond acceptors (Lipinski definition) is 7. The van der Waals surface area contributed by atoms with E-state index in [-0.39, 0.29) is 34.5 Å². The number of aromatic nitrogens is 2. The first-order chi connectivity index (χ1) is 17.9. The van der Waals surface area contributed by atoms with Gasteiger partial charge < -0.3 is 21.3 Å². The zero-order chi connectivity index (χ0) is 29.2. The highest BCUT2D eigenvalue weighted by Crippen LogP contribution is 2.65. The van der Waals surface area contributed by atoms with Gasteiger partial charge in [0.25, 0.3) is 5.56 Å². The molecule has 0 radical (unpaired) electrons. The Morgan fingerprint density at radius 3 is 2.38 bits per heavy atom. The van der Waals surface area contributed by atoms with Crippen LogP contribution in [0.1, 0.15) is 46.4 Å². The van der Waals surface area contributed by atoms with Gasteiger partial charge in [-0.3, -0.25) is 28.4 Å². The van der Waals surface area contributed by atoms with Crippen LogP contribution in [-0.4, -0.2) is 62.7 Å². The number of fused-ring (bicyclic) bond motifs is 2. The third kappa shape index (κ3) is 5.11. The number of primary amides is 1.